The Morgan fingerprint density at radius 3 is 2.28 bits per heavy atom. The van der Waals surface area contributed by atoms with Gasteiger partial charge < -0.3 is 33.9 Å². The van der Waals surface area contributed by atoms with Crippen LogP contribution in [0.2, 0.25) is 0 Å². The summed E-state index contributed by atoms with van der Waals surface area (Å²) in [7, 11) is 0.989. The van der Waals surface area contributed by atoms with Crippen molar-refractivity contribution in [2.75, 3.05) is 20.3 Å². The van der Waals surface area contributed by atoms with Crippen molar-refractivity contribution in [2.24, 2.45) is 0 Å². The number of methoxy groups -OCH3 is 1. The third-order valence-corrected chi connectivity index (χ3v) is 4.30. The number of fused-ring (bicyclic) bond motifs is 2. The summed E-state index contributed by atoms with van der Waals surface area (Å²) in [5.41, 5.74) is -5.60. The summed E-state index contributed by atoms with van der Waals surface area (Å²) in [5.74, 6) is -5.34. The van der Waals surface area contributed by atoms with E-state index >= 15 is 0 Å². The second-order valence-electron chi connectivity index (χ2n) is 5.92. The Morgan fingerprint density at radius 2 is 1.76 bits per heavy atom. The quantitative estimate of drug-likeness (QED) is 0.446. The zero-order chi connectivity index (χ0) is 19.0. The first kappa shape index (κ1) is 19.6. The highest BCUT2D eigenvalue weighted by atomic mass is 16.8. The van der Waals surface area contributed by atoms with Crippen LogP contribution in [-0.2, 0) is 38.1 Å². The Balaban J connectivity index is 2.68. The molecule has 0 amide bonds. The lowest BCUT2D eigenvalue weighted by Crippen LogP contribution is -2.78. The molecule has 0 radical (unpaired) electrons. The molecule has 0 aromatic carbocycles. The Bertz CT molecular complexity index is 577. The van der Waals surface area contributed by atoms with E-state index in [9.17, 15) is 24.6 Å². The molecule has 2 heterocycles. The van der Waals surface area contributed by atoms with Gasteiger partial charge in [0.2, 0.25) is 17.3 Å². The highest BCUT2D eigenvalue weighted by Gasteiger charge is 2.81. The lowest BCUT2D eigenvalue weighted by molar-refractivity contribution is -0.360. The largest absolute Gasteiger partial charge is 0.467 e. The van der Waals surface area contributed by atoms with Crippen LogP contribution in [0.15, 0.2) is 0 Å². The molecule has 25 heavy (non-hydrogen) atoms. The molecule has 0 unspecified atom stereocenters. The first-order valence-corrected chi connectivity index (χ1v) is 7.83. The molecule has 10 heteroatoms. The molecule has 0 aromatic rings. The van der Waals surface area contributed by atoms with Gasteiger partial charge in [0.15, 0.2) is 5.79 Å². The average Bonchev–Trinajstić information content (AvgIpc) is 2.80. The first-order valence-electron chi connectivity index (χ1n) is 7.83. The molecular formula is C15H22O10. The second kappa shape index (κ2) is 6.52. The molecule has 2 aliphatic rings. The molecular weight excluding hydrogens is 340 g/mol. The van der Waals surface area contributed by atoms with Gasteiger partial charge in [0.1, 0.15) is 6.10 Å². The highest BCUT2D eigenvalue weighted by Crippen LogP contribution is 2.53. The van der Waals surface area contributed by atoms with Crippen LogP contribution in [0.3, 0.4) is 0 Å². The van der Waals surface area contributed by atoms with Gasteiger partial charge in [0.05, 0.1) is 20.3 Å². The zero-order valence-electron chi connectivity index (χ0n) is 14.4. The van der Waals surface area contributed by atoms with Crippen molar-refractivity contribution in [3.05, 3.63) is 0 Å². The van der Waals surface area contributed by atoms with Crippen molar-refractivity contribution >= 4 is 17.9 Å². The molecule has 0 saturated carbocycles. The van der Waals surface area contributed by atoms with Crippen LogP contribution in [0.1, 0.15) is 27.2 Å². The van der Waals surface area contributed by atoms with Crippen LogP contribution in [0.4, 0.5) is 0 Å². The van der Waals surface area contributed by atoms with E-state index < -0.39 is 47.1 Å². The Kier molecular flexibility index (Phi) is 5.11. The third-order valence-electron chi connectivity index (χ3n) is 4.30. The summed E-state index contributed by atoms with van der Waals surface area (Å²) in [6.45, 7) is 4.11. The summed E-state index contributed by atoms with van der Waals surface area (Å²) >= 11 is 0. The van der Waals surface area contributed by atoms with Gasteiger partial charge >= 0.3 is 17.9 Å². The fourth-order valence-electron chi connectivity index (χ4n) is 3.30. The molecule has 2 N–H and O–H groups in total. The lowest BCUT2D eigenvalue weighted by Gasteiger charge is -2.49. The SMILES string of the molecule is CCOC(=O)[C@H]1O[C@@]2(C)C[C@@H](O)[C@](C(=O)OC)(O2)[C@]1(O)C(=O)OCC. The van der Waals surface area contributed by atoms with E-state index in [1.807, 2.05) is 0 Å². The molecule has 2 aliphatic heterocycles. The first-order chi connectivity index (χ1) is 11.6. The minimum atomic E-state index is -3.00. The maximum atomic E-state index is 12.5. The van der Waals surface area contributed by atoms with Gasteiger partial charge in [-0.15, -0.1) is 0 Å². The predicted octanol–water partition coefficient (Wildman–Crippen LogP) is -1.35. The third kappa shape index (κ3) is 2.60. The van der Waals surface area contributed by atoms with E-state index in [4.69, 9.17) is 18.9 Å². The van der Waals surface area contributed by atoms with E-state index in [0.29, 0.717) is 0 Å². The van der Waals surface area contributed by atoms with Gasteiger partial charge in [-0.3, -0.25) is 0 Å². The number of hydrogen-bond acceptors (Lipinski definition) is 10. The molecule has 2 fully saturated rings. The molecule has 2 rings (SSSR count). The van der Waals surface area contributed by atoms with Crippen LogP contribution in [0.25, 0.3) is 0 Å². The van der Waals surface area contributed by atoms with Gasteiger partial charge in [-0.05, 0) is 20.8 Å². The molecule has 5 atom stereocenters. The average molecular weight is 362 g/mol. The van der Waals surface area contributed by atoms with Crippen molar-refractivity contribution in [3.8, 4) is 0 Å². The molecule has 2 saturated heterocycles. The maximum absolute atomic E-state index is 12.5. The van der Waals surface area contributed by atoms with Gasteiger partial charge in [0.25, 0.3) is 0 Å². The molecule has 0 spiro atoms. The number of carbonyl (C=O) groups excluding carboxylic acids is 3. The van der Waals surface area contributed by atoms with Crippen LogP contribution < -0.4 is 0 Å². The van der Waals surface area contributed by atoms with Gasteiger partial charge in [0, 0.05) is 6.42 Å². The van der Waals surface area contributed by atoms with Crippen molar-refractivity contribution in [1.82, 2.24) is 0 Å². The molecule has 0 aliphatic carbocycles. The van der Waals surface area contributed by atoms with E-state index in [1.165, 1.54) is 20.8 Å². The van der Waals surface area contributed by atoms with Gasteiger partial charge in [-0.1, -0.05) is 0 Å². The number of ether oxygens (including phenoxy) is 5. The Labute approximate surface area is 143 Å². The number of aliphatic hydroxyl groups is 2. The van der Waals surface area contributed by atoms with Crippen molar-refractivity contribution in [2.45, 2.75) is 56.4 Å². The fraction of sp³-hybridized carbons (Fsp3) is 0.800. The standard InChI is InChI=1S/C15H22O10/c1-5-22-10(17)9-14(20,11(18)23-6-2)15(12(19)21-4)8(16)7-13(3,24-9)25-15/h8-9,16,20H,5-7H2,1-4H3/t8-,9-,13-,14-,15-/m1/s1. The fourth-order valence-corrected chi connectivity index (χ4v) is 3.30. The number of esters is 3. The maximum Gasteiger partial charge on any atom is 0.345 e. The molecule has 0 aromatic heterocycles. The molecule has 142 valence electrons. The summed E-state index contributed by atoms with van der Waals surface area (Å²) in [5, 5.41) is 21.6. The smallest absolute Gasteiger partial charge is 0.345 e. The zero-order valence-corrected chi connectivity index (χ0v) is 14.4. The van der Waals surface area contributed by atoms with E-state index in [-0.39, 0.29) is 19.6 Å². The number of carbonyl (C=O) groups is 3. The van der Waals surface area contributed by atoms with E-state index in [1.54, 1.807) is 0 Å². The summed E-state index contributed by atoms with van der Waals surface area (Å²) in [6.07, 6.45) is -3.94. The Morgan fingerprint density at radius 1 is 1.16 bits per heavy atom. The van der Waals surface area contributed by atoms with E-state index in [2.05, 4.69) is 4.74 Å². The van der Waals surface area contributed by atoms with Crippen LogP contribution >= 0.6 is 0 Å². The van der Waals surface area contributed by atoms with Gasteiger partial charge in [-0.2, -0.15) is 0 Å². The van der Waals surface area contributed by atoms with Crippen LogP contribution in [-0.4, -0.2) is 77.6 Å². The van der Waals surface area contributed by atoms with Gasteiger partial charge in [-0.25, -0.2) is 14.4 Å². The number of aliphatic hydroxyl groups excluding tert-OH is 1. The van der Waals surface area contributed by atoms with Crippen molar-refractivity contribution < 1.29 is 48.3 Å². The highest BCUT2D eigenvalue weighted by molar-refractivity contribution is 5.99. The molecule has 2 bridgehead atoms. The lowest BCUT2D eigenvalue weighted by atomic mass is 9.75. The minimum Gasteiger partial charge on any atom is -0.467 e. The topological polar surface area (TPSA) is 138 Å². The minimum absolute atomic E-state index is 0.0665. The monoisotopic (exact) mass is 362 g/mol. The number of hydrogen-bond donors (Lipinski definition) is 2. The summed E-state index contributed by atoms with van der Waals surface area (Å²) in [4.78, 5) is 37.3. The van der Waals surface area contributed by atoms with Crippen molar-refractivity contribution in [3.63, 3.8) is 0 Å². The van der Waals surface area contributed by atoms with Crippen LogP contribution in [0.5, 0.6) is 0 Å². The number of rotatable bonds is 5. The molecule has 10 nitrogen and oxygen atoms in total. The Hall–Kier alpha value is -1.75. The second-order valence-corrected chi connectivity index (χ2v) is 5.92. The normalized spacial score (nSPS) is 39.6. The summed E-state index contributed by atoms with van der Waals surface area (Å²) < 4.78 is 25.2. The van der Waals surface area contributed by atoms with Crippen molar-refractivity contribution in [1.29, 1.82) is 0 Å². The summed E-state index contributed by atoms with van der Waals surface area (Å²) in [6, 6.07) is 0. The predicted molar refractivity (Wildman–Crippen MR) is 77.9 cm³/mol. The van der Waals surface area contributed by atoms with E-state index in [0.717, 1.165) is 7.11 Å². The van der Waals surface area contributed by atoms with Crippen LogP contribution in [0, 0.1) is 0 Å².